The third kappa shape index (κ3) is 0.929. The van der Waals surface area contributed by atoms with Gasteiger partial charge in [0.25, 0.3) is 0 Å². The Hall–Kier alpha value is -0.690. The van der Waals surface area contributed by atoms with Gasteiger partial charge in [0.15, 0.2) is 0 Å². The molecule has 1 aliphatic carbocycles. The molecule has 1 aliphatic rings. The first-order chi connectivity index (χ1) is 5.32. The minimum atomic E-state index is -2.96. The van der Waals surface area contributed by atoms with Crippen LogP contribution < -0.4 is 0 Å². The average Bonchev–Trinajstić information content (AvgIpc) is 2.15. The fourth-order valence-electron chi connectivity index (χ4n) is 1.27. The maximum absolute atomic E-state index is 10.4. The molecule has 0 aliphatic heterocycles. The Balaban J connectivity index is 3.01. The van der Waals surface area contributed by atoms with Gasteiger partial charge < -0.3 is 25.5 Å². The van der Waals surface area contributed by atoms with Gasteiger partial charge in [0.1, 0.15) is 6.10 Å². The van der Waals surface area contributed by atoms with Gasteiger partial charge in [-0.3, -0.25) is 0 Å². The fourth-order valence-corrected chi connectivity index (χ4v) is 1.27. The van der Waals surface area contributed by atoms with Gasteiger partial charge in [-0.2, -0.15) is 0 Å². The lowest BCUT2D eigenvalue weighted by Gasteiger charge is -2.30. The van der Waals surface area contributed by atoms with Gasteiger partial charge in [-0.05, 0) is 12.8 Å². The third-order valence-corrected chi connectivity index (χ3v) is 2.21. The maximum Gasteiger partial charge on any atom is 0.341 e. The van der Waals surface area contributed by atoms with Gasteiger partial charge >= 0.3 is 5.97 Å². The average molecular weight is 178 g/mol. The maximum atomic E-state index is 10.4. The van der Waals surface area contributed by atoms with E-state index in [1.54, 1.807) is 0 Å². The van der Waals surface area contributed by atoms with E-state index in [2.05, 4.69) is 0 Å². The van der Waals surface area contributed by atoms with E-state index in [0.717, 1.165) is 0 Å². The summed E-state index contributed by atoms with van der Waals surface area (Å²) in [5.74, 6) is -4.71. The Bertz CT molecular complexity index is 212. The Labute approximate surface area is 67.7 Å². The highest BCUT2D eigenvalue weighted by molar-refractivity contribution is 5.79. The zero-order valence-corrected chi connectivity index (χ0v) is 6.14. The lowest BCUT2D eigenvalue weighted by Crippen LogP contribution is -2.60. The van der Waals surface area contributed by atoms with Crippen LogP contribution in [0.3, 0.4) is 0 Å². The second-order valence-electron chi connectivity index (χ2n) is 2.95. The lowest BCUT2D eigenvalue weighted by molar-refractivity contribution is -0.286. The minimum absolute atomic E-state index is 0.157. The molecule has 70 valence electrons. The van der Waals surface area contributed by atoms with Crippen LogP contribution in [0.15, 0.2) is 0 Å². The summed E-state index contributed by atoms with van der Waals surface area (Å²) in [4.78, 5) is 10.4. The number of hydrogen-bond donors (Lipinski definition) is 5. The van der Waals surface area contributed by atoms with E-state index in [9.17, 15) is 9.90 Å². The van der Waals surface area contributed by atoms with Crippen LogP contribution in [0.2, 0.25) is 0 Å². The van der Waals surface area contributed by atoms with Crippen molar-refractivity contribution in [2.24, 2.45) is 0 Å². The molecule has 0 heterocycles. The number of carboxylic acid groups (broad SMARTS) is 1. The van der Waals surface area contributed by atoms with Gasteiger partial charge in [0, 0.05) is 0 Å². The zero-order valence-electron chi connectivity index (χ0n) is 6.14. The van der Waals surface area contributed by atoms with Crippen molar-refractivity contribution in [1.29, 1.82) is 0 Å². The van der Waals surface area contributed by atoms with Gasteiger partial charge in [-0.1, -0.05) is 0 Å². The predicted molar refractivity (Wildman–Crippen MR) is 35.0 cm³/mol. The summed E-state index contributed by atoms with van der Waals surface area (Å²) in [6.07, 6.45) is -2.16. The van der Waals surface area contributed by atoms with Crippen LogP contribution >= 0.6 is 0 Å². The van der Waals surface area contributed by atoms with Crippen LogP contribution in [0.5, 0.6) is 0 Å². The monoisotopic (exact) mass is 178 g/mol. The summed E-state index contributed by atoms with van der Waals surface area (Å²) in [6, 6.07) is 0. The molecule has 0 aromatic heterocycles. The Kier molecular flexibility index (Phi) is 1.88. The summed E-state index contributed by atoms with van der Waals surface area (Å²) in [7, 11) is 0. The lowest BCUT2D eigenvalue weighted by atomic mass is 9.96. The molecule has 12 heavy (non-hydrogen) atoms. The highest BCUT2D eigenvalue weighted by Crippen LogP contribution is 2.37. The van der Waals surface area contributed by atoms with Crippen LogP contribution in [0.4, 0.5) is 0 Å². The van der Waals surface area contributed by atoms with E-state index < -0.39 is 23.5 Å². The molecule has 5 N–H and O–H groups in total. The Morgan fingerprint density at radius 1 is 1.33 bits per heavy atom. The van der Waals surface area contributed by atoms with Gasteiger partial charge in [0.2, 0.25) is 11.4 Å². The molecule has 0 bridgehead atoms. The largest absolute Gasteiger partial charge is 0.479 e. The number of carboxylic acids is 1. The Morgan fingerprint density at radius 2 is 1.83 bits per heavy atom. The molecule has 0 aromatic carbocycles. The van der Waals surface area contributed by atoms with Crippen molar-refractivity contribution in [3.8, 4) is 0 Å². The number of carbonyl (C=O) groups is 1. The molecule has 0 saturated heterocycles. The molecule has 1 rings (SSSR count). The van der Waals surface area contributed by atoms with E-state index in [4.69, 9.17) is 20.4 Å². The minimum Gasteiger partial charge on any atom is -0.479 e. The molecule has 0 aromatic rings. The van der Waals surface area contributed by atoms with E-state index in [0.29, 0.717) is 0 Å². The molecule has 1 fully saturated rings. The first-order valence-corrected chi connectivity index (χ1v) is 3.41. The molecule has 2 unspecified atom stereocenters. The standard InChI is InChI=1S/C6H10O6/c7-3-1-2-5(10,4(8)9)6(3,11)12/h3,7,10-12H,1-2H2,(H,8,9). The molecular weight excluding hydrogens is 168 g/mol. The molecule has 6 heteroatoms. The van der Waals surface area contributed by atoms with E-state index in [1.165, 1.54) is 0 Å². The molecule has 0 amide bonds. The zero-order chi connectivity index (χ0) is 9.57. The van der Waals surface area contributed by atoms with Crippen LogP contribution in [-0.2, 0) is 4.79 Å². The first-order valence-electron chi connectivity index (χ1n) is 3.41. The van der Waals surface area contributed by atoms with Crippen molar-refractivity contribution in [2.75, 3.05) is 0 Å². The highest BCUT2D eigenvalue weighted by Gasteiger charge is 2.63. The number of aliphatic hydroxyl groups is 4. The molecule has 2 atom stereocenters. The fraction of sp³-hybridized carbons (Fsp3) is 0.833. The number of aliphatic carboxylic acids is 1. The second kappa shape index (κ2) is 2.40. The molecule has 0 radical (unpaired) electrons. The van der Waals surface area contributed by atoms with Crippen LogP contribution in [-0.4, -0.2) is 49.0 Å². The quantitative estimate of drug-likeness (QED) is 0.286. The topological polar surface area (TPSA) is 118 Å². The third-order valence-electron chi connectivity index (χ3n) is 2.21. The van der Waals surface area contributed by atoms with Crippen molar-refractivity contribution < 1.29 is 30.3 Å². The SMILES string of the molecule is O=C(O)C1(O)CCC(O)C1(O)O. The molecule has 6 nitrogen and oxygen atoms in total. The number of hydrogen-bond acceptors (Lipinski definition) is 5. The molecule has 1 saturated carbocycles. The number of rotatable bonds is 1. The van der Waals surface area contributed by atoms with E-state index in [-0.39, 0.29) is 12.8 Å². The van der Waals surface area contributed by atoms with Crippen molar-refractivity contribution in [2.45, 2.75) is 30.3 Å². The van der Waals surface area contributed by atoms with Crippen molar-refractivity contribution in [1.82, 2.24) is 0 Å². The summed E-state index contributed by atoms with van der Waals surface area (Å²) in [5.41, 5.74) is -2.66. The predicted octanol–water partition coefficient (Wildman–Crippen LogP) is -2.36. The van der Waals surface area contributed by atoms with Gasteiger partial charge in [-0.25, -0.2) is 4.79 Å². The van der Waals surface area contributed by atoms with E-state index in [1.807, 2.05) is 0 Å². The van der Waals surface area contributed by atoms with Gasteiger partial charge in [-0.15, -0.1) is 0 Å². The second-order valence-corrected chi connectivity index (χ2v) is 2.95. The van der Waals surface area contributed by atoms with Crippen molar-refractivity contribution in [3.05, 3.63) is 0 Å². The van der Waals surface area contributed by atoms with Crippen molar-refractivity contribution in [3.63, 3.8) is 0 Å². The first kappa shape index (κ1) is 9.40. The molecule has 0 spiro atoms. The normalized spacial score (nSPS) is 39.8. The summed E-state index contributed by atoms with van der Waals surface area (Å²) < 4.78 is 0. The van der Waals surface area contributed by atoms with Crippen LogP contribution in [0.25, 0.3) is 0 Å². The van der Waals surface area contributed by atoms with Crippen LogP contribution in [0, 0.1) is 0 Å². The summed E-state index contributed by atoms with van der Waals surface area (Å²) in [6.45, 7) is 0. The highest BCUT2D eigenvalue weighted by atomic mass is 16.6. The van der Waals surface area contributed by atoms with Crippen LogP contribution in [0.1, 0.15) is 12.8 Å². The number of aliphatic hydroxyl groups excluding tert-OH is 1. The summed E-state index contributed by atoms with van der Waals surface area (Å²) >= 11 is 0. The Morgan fingerprint density at radius 3 is 2.00 bits per heavy atom. The van der Waals surface area contributed by atoms with E-state index >= 15 is 0 Å². The van der Waals surface area contributed by atoms with Gasteiger partial charge in [0.05, 0.1) is 0 Å². The van der Waals surface area contributed by atoms with Crippen molar-refractivity contribution >= 4 is 5.97 Å². The molecular formula is C6H10O6. The smallest absolute Gasteiger partial charge is 0.341 e. The summed E-state index contributed by atoms with van der Waals surface area (Å²) in [5, 5.41) is 44.6.